The number of phenols is 1. The van der Waals surface area contributed by atoms with E-state index < -0.39 is 5.82 Å². The van der Waals surface area contributed by atoms with E-state index in [1.165, 1.54) is 6.07 Å². The Hall–Kier alpha value is -1.78. The molecule has 0 saturated carbocycles. The molecular weight excluding hydrogens is 302 g/mol. The molecule has 6 heteroatoms. The number of aromatic hydroxyl groups is 1. The highest BCUT2D eigenvalue weighted by molar-refractivity contribution is 6.34. The zero-order valence-electron chi connectivity index (χ0n) is 10.4. The first kappa shape index (κ1) is 13.2. The lowest BCUT2D eigenvalue weighted by atomic mass is 10.1. The second-order valence-electron chi connectivity index (χ2n) is 4.41. The number of pyridine rings is 1. The molecule has 102 valence electrons. The Bertz CT molecular complexity index is 830. The molecule has 0 amide bonds. The lowest BCUT2D eigenvalue weighted by molar-refractivity contribution is 0.474. The standard InChI is InChI=1S/C14H9Cl2FN2O/c1-7-4-10(16)13(14-18-2-3-19(7)14)8-5-12(20)9(15)6-11(8)17/h2-6,20H,1H3. The minimum Gasteiger partial charge on any atom is -0.506 e. The van der Waals surface area contributed by atoms with Gasteiger partial charge in [-0.2, -0.15) is 0 Å². The Morgan fingerprint density at radius 2 is 1.95 bits per heavy atom. The third kappa shape index (κ3) is 1.92. The number of aryl methyl sites for hydroxylation is 1. The van der Waals surface area contributed by atoms with Crippen molar-refractivity contribution in [3.63, 3.8) is 0 Å². The van der Waals surface area contributed by atoms with Crippen LogP contribution >= 0.6 is 23.2 Å². The van der Waals surface area contributed by atoms with Crippen molar-refractivity contribution in [2.24, 2.45) is 0 Å². The second-order valence-corrected chi connectivity index (χ2v) is 5.23. The van der Waals surface area contributed by atoms with Gasteiger partial charge in [-0.15, -0.1) is 0 Å². The molecule has 0 aliphatic rings. The molecule has 20 heavy (non-hydrogen) atoms. The fraction of sp³-hybridized carbons (Fsp3) is 0.0714. The van der Waals surface area contributed by atoms with Gasteiger partial charge in [0.1, 0.15) is 17.2 Å². The van der Waals surface area contributed by atoms with Gasteiger partial charge in [-0.25, -0.2) is 9.37 Å². The van der Waals surface area contributed by atoms with Gasteiger partial charge in [-0.1, -0.05) is 23.2 Å². The monoisotopic (exact) mass is 310 g/mol. The summed E-state index contributed by atoms with van der Waals surface area (Å²) in [5.74, 6) is -0.770. The largest absolute Gasteiger partial charge is 0.506 e. The molecule has 3 aromatic rings. The molecule has 0 bridgehead atoms. The molecule has 2 heterocycles. The number of hydrogen-bond donors (Lipinski definition) is 1. The molecular formula is C14H9Cl2FN2O. The summed E-state index contributed by atoms with van der Waals surface area (Å²) in [7, 11) is 0. The Kier molecular flexibility index (Phi) is 3.07. The van der Waals surface area contributed by atoms with Crippen LogP contribution in [0.4, 0.5) is 4.39 Å². The number of hydrogen-bond acceptors (Lipinski definition) is 2. The van der Waals surface area contributed by atoms with Gasteiger partial charge < -0.3 is 9.51 Å². The van der Waals surface area contributed by atoms with Crippen molar-refractivity contribution in [3.05, 3.63) is 52.1 Å². The maximum absolute atomic E-state index is 14.1. The molecule has 1 aromatic carbocycles. The number of fused-ring (bicyclic) bond motifs is 1. The number of phenolic OH excluding ortho intramolecular Hbond substituents is 1. The van der Waals surface area contributed by atoms with E-state index in [0.717, 1.165) is 11.8 Å². The Morgan fingerprint density at radius 1 is 1.20 bits per heavy atom. The number of rotatable bonds is 1. The van der Waals surface area contributed by atoms with Crippen LogP contribution in [0.5, 0.6) is 5.75 Å². The summed E-state index contributed by atoms with van der Waals surface area (Å²) >= 11 is 11.9. The van der Waals surface area contributed by atoms with Crippen molar-refractivity contribution in [3.8, 4) is 16.9 Å². The average molecular weight is 311 g/mol. The van der Waals surface area contributed by atoms with Crippen molar-refractivity contribution in [1.29, 1.82) is 0 Å². The number of imidazole rings is 1. The van der Waals surface area contributed by atoms with Crippen LogP contribution in [0.1, 0.15) is 5.69 Å². The number of aromatic nitrogens is 2. The molecule has 0 aliphatic carbocycles. The van der Waals surface area contributed by atoms with E-state index in [1.807, 2.05) is 6.92 Å². The van der Waals surface area contributed by atoms with Gasteiger partial charge in [0.2, 0.25) is 0 Å². The van der Waals surface area contributed by atoms with Crippen LogP contribution < -0.4 is 0 Å². The summed E-state index contributed by atoms with van der Waals surface area (Å²) in [5.41, 5.74) is 1.99. The highest BCUT2D eigenvalue weighted by Gasteiger charge is 2.17. The lowest BCUT2D eigenvalue weighted by Gasteiger charge is -2.11. The molecule has 3 nitrogen and oxygen atoms in total. The topological polar surface area (TPSA) is 37.5 Å². The van der Waals surface area contributed by atoms with E-state index >= 15 is 0 Å². The Morgan fingerprint density at radius 3 is 2.70 bits per heavy atom. The van der Waals surface area contributed by atoms with Crippen molar-refractivity contribution in [2.75, 3.05) is 0 Å². The fourth-order valence-electron chi connectivity index (χ4n) is 2.18. The molecule has 0 aliphatic heterocycles. The normalized spacial score (nSPS) is 11.2. The van der Waals surface area contributed by atoms with Crippen molar-refractivity contribution >= 4 is 28.8 Å². The minimum absolute atomic E-state index is 0.0474. The van der Waals surface area contributed by atoms with E-state index in [0.29, 0.717) is 16.2 Å². The summed E-state index contributed by atoms with van der Waals surface area (Å²) in [6, 6.07) is 4.03. The zero-order valence-corrected chi connectivity index (χ0v) is 11.9. The van der Waals surface area contributed by atoms with Crippen molar-refractivity contribution in [2.45, 2.75) is 6.92 Å². The minimum atomic E-state index is -0.566. The van der Waals surface area contributed by atoms with Gasteiger partial charge in [0.05, 0.1) is 10.0 Å². The molecule has 0 spiro atoms. The molecule has 0 saturated heterocycles. The lowest BCUT2D eigenvalue weighted by Crippen LogP contribution is -1.96. The SMILES string of the molecule is Cc1cc(Cl)c(-c2cc(O)c(Cl)cc2F)c2nccn12. The summed E-state index contributed by atoms with van der Waals surface area (Å²) in [6.45, 7) is 1.88. The first-order chi connectivity index (χ1) is 9.49. The van der Waals surface area contributed by atoms with E-state index in [1.54, 1.807) is 22.9 Å². The Balaban J connectivity index is 2.41. The van der Waals surface area contributed by atoms with Gasteiger partial charge in [-0.05, 0) is 25.1 Å². The van der Waals surface area contributed by atoms with E-state index in [4.69, 9.17) is 23.2 Å². The summed E-state index contributed by atoms with van der Waals surface area (Å²) in [4.78, 5) is 4.21. The van der Waals surface area contributed by atoms with Gasteiger partial charge in [0.15, 0.2) is 0 Å². The maximum atomic E-state index is 14.1. The van der Waals surface area contributed by atoms with E-state index in [2.05, 4.69) is 4.98 Å². The van der Waals surface area contributed by atoms with Gasteiger partial charge in [0.25, 0.3) is 0 Å². The first-order valence-electron chi connectivity index (χ1n) is 5.79. The summed E-state index contributed by atoms with van der Waals surface area (Å²) in [5, 5.41) is 10.0. The molecule has 2 aromatic heterocycles. The van der Waals surface area contributed by atoms with Gasteiger partial charge in [-0.3, -0.25) is 0 Å². The van der Waals surface area contributed by atoms with Crippen LogP contribution in [0.25, 0.3) is 16.8 Å². The maximum Gasteiger partial charge on any atom is 0.146 e. The van der Waals surface area contributed by atoms with Crippen LogP contribution in [-0.2, 0) is 0 Å². The third-order valence-corrected chi connectivity index (χ3v) is 3.73. The number of nitrogens with zero attached hydrogens (tertiary/aromatic N) is 2. The average Bonchev–Trinajstić information content (AvgIpc) is 2.84. The summed E-state index contributed by atoms with van der Waals surface area (Å²) in [6.07, 6.45) is 3.37. The predicted molar refractivity (Wildman–Crippen MR) is 77.0 cm³/mol. The molecule has 1 N–H and O–H groups in total. The van der Waals surface area contributed by atoms with Crippen LogP contribution in [0.2, 0.25) is 10.0 Å². The Labute approximate surface area is 124 Å². The first-order valence-corrected chi connectivity index (χ1v) is 6.55. The molecule has 0 radical (unpaired) electrons. The summed E-state index contributed by atoms with van der Waals surface area (Å²) < 4.78 is 15.9. The smallest absolute Gasteiger partial charge is 0.146 e. The molecule has 3 rings (SSSR count). The molecule has 0 fully saturated rings. The van der Waals surface area contributed by atoms with Gasteiger partial charge >= 0.3 is 0 Å². The van der Waals surface area contributed by atoms with Crippen LogP contribution in [0, 0.1) is 12.7 Å². The quantitative estimate of drug-likeness (QED) is 0.720. The van der Waals surface area contributed by atoms with E-state index in [-0.39, 0.29) is 16.3 Å². The predicted octanol–water partition coefficient (Wildman–Crippen LogP) is 4.46. The zero-order chi connectivity index (χ0) is 14.4. The van der Waals surface area contributed by atoms with E-state index in [9.17, 15) is 9.50 Å². The highest BCUT2D eigenvalue weighted by atomic mass is 35.5. The second kappa shape index (κ2) is 4.65. The number of benzene rings is 1. The van der Waals surface area contributed by atoms with Crippen molar-refractivity contribution < 1.29 is 9.50 Å². The van der Waals surface area contributed by atoms with Crippen LogP contribution in [-0.4, -0.2) is 14.5 Å². The van der Waals surface area contributed by atoms with Crippen molar-refractivity contribution in [1.82, 2.24) is 9.38 Å². The van der Waals surface area contributed by atoms with Crippen LogP contribution in [0.15, 0.2) is 30.6 Å². The van der Waals surface area contributed by atoms with Crippen LogP contribution in [0.3, 0.4) is 0 Å². The fourth-order valence-corrected chi connectivity index (χ4v) is 2.68. The highest BCUT2D eigenvalue weighted by Crippen LogP contribution is 2.38. The molecule has 0 unspecified atom stereocenters. The third-order valence-electron chi connectivity index (χ3n) is 3.12. The van der Waals surface area contributed by atoms with Gasteiger partial charge in [0, 0.05) is 29.2 Å². The number of halogens is 3. The molecule has 0 atom stereocenters.